The topological polar surface area (TPSA) is 45.8 Å². The van der Waals surface area contributed by atoms with E-state index in [0.717, 1.165) is 30.1 Å². The van der Waals surface area contributed by atoms with Crippen molar-refractivity contribution in [2.45, 2.75) is 69.9 Å². The van der Waals surface area contributed by atoms with Crippen LogP contribution in [-0.4, -0.2) is 39.7 Å². The van der Waals surface area contributed by atoms with Crippen LogP contribution in [0.15, 0.2) is 22.8 Å². The minimum atomic E-state index is -0.184. The molecule has 2 rings (SSSR count). The Balaban J connectivity index is 1.90. The molecule has 5 heteroatoms. The first-order chi connectivity index (χ1) is 10.3. The number of hydrogen-bond donors (Lipinski definition) is 1. The number of rotatable bonds is 7. The lowest BCUT2D eigenvalue weighted by Crippen LogP contribution is -2.59. The van der Waals surface area contributed by atoms with Gasteiger partial charge in [-0.25, -0.2) is 0 Å². The molecule has 0 spiro atoms. The highest BCUT2D eigenvalue weighted by molar-refractivity contribution is 7.98. The molecule has 1 aliphatic rings. The lowest BCUT2D eigenvalue weighted by Gasteiger charge is -2.52. The molecule has 0 radical (unpaired) electrons. The highest BCUT2D eigenvalue weighted by Crippen LogP contribution is 2.39. The molecular weight excluding hydrogens is 298 g/mol. The molecule has 1 fully saturated rings. The fraction of sp³-hybridized carbons (Fsp3) is 0.765. The number of hydrogen-bond acceptors (Lipinski definition) is 5. The zero-order chi connectivity index (χ0) is 16.2. The Kier molecular flexibility index (Phi) is 6.00. The Hall–Kier alpha value is -0.490. The van der Waals surface area contributed by atoms with Gasteiger partial charge in [0.05, 0.1) is 18.6 Å². The summed E-state index contributed by atoms with van der Waals surface area (Å²) in [7, 11) is 0. The van der Waals surface area contributed by atoms with Gasteiger partial charge in [0.1, 0.15) is 11.9 Å². The van der Waals surface area contributed by atoms with Crippen LogP contribution in [0.25, 0.3) is 0 Å². The third kappa shape index (κ3) is 4.51. The second-order valence-electron chi connectivity index (χ2n) is 7.28. The van der Waals surface area contributed by atoms with Crippen molar-refractivity contribution in [2.75, 3.05) is 12.4 Å². The lowest BCUT2D eigenvalue weighted by atomic mass is 9.82. The molecule has 0 saturated carbocycles. The number of aliphatic hydroxyl groups excluding tert-OH is 1. The molecule has 0 bridgehead atoms. The van der Waals surface area contributed by atoms with Crippen LogP contribution in [0.2, 0.25) is 0 Å². The van der Waals surface area contributed by atoms with Crippen molar-refractivity contribution in [3.8, 4) is 0 Å². The molecule has 2 heterocycles. The fourth-order valence-corrected chi connectivity index (χ4v) is 4.13. The fourth-order valence-electron chi connectivity index (χ4n) is 3.21. The van der Waals surface area contributed by atoms with Crippen molar-refractivity contribution in [2.24, 2.45) is 0 Å². The molecule has 1 aromatic rings. The van der Waals surface area contributed by atoms with Crippen molar-refractivity contribution in [3.63, 3.8) is 0 Å². The van der Waals surface area contributed by atoms with E-state index in [0.29, 0.717) is 0 Å². The summed E-state index contributed by atoms with van der Waals surface area (Å²) in [5.41, 5.74) is 0.00168. The first-order valence-electron chi connectivity index (χ1n) is 8.03. The Bertz CT molecular complexity index is 429. The average molecular weight is 327 g/mol. The molecule has 4 nitrogen and oxygen atoms in total. The number of furan rings is 1. The zero-order valence-electron chi connectivity index (χ0n) is 14.2. The Morgan fingerprint density at radius 1 is 1.32 bits per heavy atom. The summed E-state index contributed by atoms with van der Waals surface area (Å²) in [6.45, 7) is 8.92. The summed E-state index contributed by atoms with van der Waals surface area (Å²) >= 11 is 1.73. The molecule has 0 aliphatic carbocycles. The van der Waals surface area contributed by atoms with Gasteiger partial charge in [-0.05, 0) is 59.1 Å². The van der Waals surface area contributed by atoms with Gasteiger partial charge in [0.2, 0.25) is 0 Å². The van der Waals surface area contributed by atoms with Crippen molar-refractivity contribution in [1.82, 2.24) is 5.06 Å². The van der Waals surface area contributed by atoms with Gasteiger partial charge in [-0.3, -0.25) is 4.84 Å². The maximum Gasteiger partial charge on any atom is 0.113 e. The molecule has 1 saturated heterocycles. The summed E-state index contributed by atoms with van der Waals surface area (Å²) in [6, 6.07) is 3.87. The van der Waals surface area contributed by atoms with E-state index in [-0.39, 0.29) is 23.8 Å². The Labute approximate surface area is 138 Å². The van der Waals surface area contributed by atoms with Gasteiger partial charge in [-0.1, -0.05) is 0 Å². The minimum absolute atomic E-state index is 0.000841. The predicted molar refractivity (Wildman–Crippen MR) is 90.7 cm³/mol. The predicted octanol–water partition coefficient (Wildman–Crippen LogP) is 3.85. The summed E-state index contributed by atoms with van der Waals surface area (Å²) in [4.78, 5) is 6.22. The molecule has 1 atom stereocenters. The van der Waals surface area contributed by atoms with E-state index in [1.807, 2.05) is 12.1 Å². The van der Waals surface area contributed by atoms with E-state index in [2.05, 4.69) is 32.8 Å². The number of piperidine rings is 1. The summed E-state index contributed by atoms with van der Waals surface area (Å²) < 4.78 is 5.33. The molecule has 0 unspecified atom stereocenters. The minimum Gasteiger partial charge on any atom is -0.468 e. The average Bonchev–Trinajstić information content (AvgIpc) is 2.93. The molecule has 1 aliphatic heterocycles. The highest BCUT2D eigenvalue weighted by Gasteiger charge is 2.43. The van der Waals surface area contributed by atoms with Gasteiger partial charge in [0.25, 0.3) is 0 Å². The lowest BCUT2D eigenvalue weighted by molar-refractivity contribution is -0.304. The number of nitrogens with zero attached hydrogens (tertiary/aromatic N) is 1. The van der Waals surface area contributed by atoms with Crippen LogP contribution in [0, 0.1) is 0 Å². The monoisotopic (exact) mass is 327 g/mol. The standard InChI is InChI=1S/C17H29NO3S/c1-16(2)8-6-9-17(3,4)18(16)21-15(11-19)13-22-12-14-7-5-10-20-14/h5,7,10,15,19H,6,8-9,11-13H2,1-4H3/t15-/m1/s1. The van der Waals surface area contributed by atoms with Crippen LogP contribution in [0.1, 0.15) is 52.7 Å². The molecule has 22 heavy (non-hydrogen) atoms. The molecule has 126 valence electrons. The normalized spacial score (nSPS) is 22.6. The van der Waals surface area contributed by atoms with Gasteiger partial charge in [0.15, 0.2) is 0 Å². The van der Waals surface area contributed by atoms with E-state index < -0.39 is 0 Å². The number of thioether (sulfide) groups is 1. The van der Waals surface area contributed by atoms with Crippen LogP contribution < -0.4 is 0 Å². The van der Waals surface area contributed by atoms with Crippen LogP contribution >= 0.6 is 11.8 Å². The third-order valence-corrected chi connectivity index (χ3v) is 5.36. The van der Waals surface area contributed by atoms with E-state index in [1.54, 1.807) is 18.0 Å². The second-order valence-corrected chi connectivity index (χ2v) is 8.31. The molecule has 1 aromatic heterocycles. The zero-order valence-corrected chi connectivity index (χ0v) is 15.0. The summed E-state index contributed by atoms with van der Waals surface area (Å²) in [5.74, 6) is 2.51. The highest BCUT2D eigenvalue weighted by atomic mass is 32.2. The number of aliphatic hydroxyl groups is 1. The van der Waals surface area contributed by atoms with E-state index in [1.165, 1.54) is 6.42 Å². The Morgan fingerprint density at radius 2 is 2.00 bits per heavy atom. The summed E-state index contributed by atoms with van der Waals surface area (Å²) in [6.07, 6.45) is 4.96. The molecule has 0 aromatic carbocycles. The maximum atomic E-state index is 9.67. The van der Waals surface area contributed by atoms with Crippen molar-refractivity contribution >= 4 is 11.8 Å². The second kappa shape index (κ2) is 7.39. The van der Waals surface area contributed by atoms with Gasteiger partial charge in [-0.15, -0.1) is 0 Å². The quantitative estimate of drug-likeness (QED) is 0.824. The van der Waals surface area contributed by atoms with E-state index in [4.69, 9.17) is 9.25 Å². The van der Waals surface area contributed by atoms with Crippen molar-refractivity contribution < 1.29 is 14.4 Å². The van der Waals surface area contributed by atoms with Gasteiger partial charge < -0.3 is 9.52 Å². The smallest absolute Gasteiger partial charge is 0.113 e. The first kappa shape index (κ1) is 17.9. The SMILES string of the molecule is CC1(C)CCCC(C)(C)N1O[C@H](CO)CSCc1ccco1. The van der Waals surface area contributed by atoms with Gasteiger partial charge in [0, 0.05) is 16.8 Å². The van der Waals surface area contributed by atoms with Crippen LogP contribution in [0.3, 0.4) is 0 Å². The summed E-state index contributed by atoms with van der Waals surface area (Å²) in [5, 5.41) is 11.8. The third-order valence-electron chi connectivity index (χ3n) is 4.26. The van der Waals surface area contributed by atoms with Crippen molar-refractivity contribution in [1.29, 1.82) is 0 Å². The van der Waals surface area contributed by atoms with Crippen molar-refractivity contribution in [3.05, 3.63) is 24.2 Å². The van der Waals surface area contributed by atoms with Gasteiger partial charge in [-0.2, -0.15) is 16.8 Å². The molecule has 0 amide bonds. The molecule has 1 N–H and O–H groups in total. The largest absolute Gasteiger partial charge is 0.468 e. The van der Waals surface area contributed by atoms with Crippen LogP contribution in [0.4, 0.5) is 0 Å². The number of hydroxylamine groups is 2. The van der Waals surface area contributed by atoms with E-state index >= 15 is 0 Å². The maximum absolute atomic E-state index is 9.67. The van der Waals surface area contributed by atoms with Gasteiger partial charge >= 0.3 is 0 Å². The van der Waals surface area contributed by atoms with Crippen LogP contribution in [0.5, 0.6) is 0 Å². The van der Waals surface area contributed by atoms with Crippen LogP contribution in [-0.2, 0) is 10.6 Å². The molecular formula is C17H29NO3S. The first-order valence-corrected chi connectivity index (χ1v) is 9.19. The van der Waals surface area contributed by atoms with E-state index in [9.17, 15) is 5.11 Å². The Morgan fingerprint density at radius 3 is 2.55 bits per heavy atom.